The molecular formula is C23H21N5O2. The number of benzene rings is 1. The Kier molecular flexibility index (Phi) is 5.85. The van der Waals surface area contributed by atoms with Crippen molar-refractivity contribution >= 4 is 17.4 Å². The lowest BCUT2D eigenvalue weighted by Gasteiger charge is -2.33. The summed E-state index contributed by atoms with van der Waals surface area (Å²) in [6.07, 6.45) is 6.57. The summed E-state index contributed by atoms with van der Waals surface area (Å²) in [5, 5.41) is 12.0. The largest absolute Gasteiger partial charge is 0.454 e. The van der Waals surface area contributed by atoms with E-state index >= 15 is 0 Å². The van der Waals surface area contributed by atoms with Crippen molar-refractivity contribution in [1.29, 1.82) is 5.26 Å². The molecule has 1 fully saturated rings. The van der Waals surface area contributed by atoms with Crippen LogP contribution in [0.1, 0.15) is 18.4 Å². The van der Waals surface area contributed by atoms with E-state index in [0.29, 0.717) is 29.3 Å². The van der Waals surface area contributed by atoms with Gasteiger partial charge in [0.15, 0.2) is 5.75 Å². The molecule has 0 radical (unpaired) electrons. The summed E-state index contributed by atoms with van der Waals surface area (Å²) in [6, 6.07) is 16.6. The molecule has 0 saturated carbocycles. The van der Waals surface area contributed by atoms with Crippen LogP contribution in [0.5, 0.6) is 11.5 Å². The first-order valence-electron chi connectivity index (χ1n) is 9.82. The predicted octanol–water partition coefficient (Wildman–Crippen LogP) is 4.00. The number of carbonyl (C=O) groups is 1. The zero-order valence-electron chi connectivity index (χ0n) is 16.4. The fraction of sp³-hybridized carbons (Fsp3) is 0.217. The van der Waals surface area contributed by atoms with E-state index in [4.69, 9.17) is 10.00 Å². The van der Waals surface area contributed by atoms with E-state index in [1.165, 1.54) is 0 Å². The lowest BCUT2D eigenvalue weighted by molar-refractivity contribution is -0.120. The van der Waals surface area contributed by atoms with Gasteiger partial charge < -0.3 is 15.0 Å². The summed E-state index contributed by atoms with van der Waals surface area (Å²) in [4.78, 5) is 23.5. The lowest BCUT2D eigenvalue weighted by Crippen LogP contribution is -2.41. The summed E-state index contributed by atoms with van der Waals surface area (Å²) in [6.45, 7) is 1.42. The average Bonchev–Trinajstić information content (AvgIpc) is 2.81. The van der Waals surface area contributed by atoms with Crippen molar-refractivity contribution in [2.24, 2.45) is 5.92 Å². The molecule has 2 aromatic heterocycles. The van der Waals surface area contributed by atoms with Gasteiger partial charge in [-0.3, -0.25) is 9.78 Å². The highest BCUT2D eigenvalue weighted by Crippen LogP contribution is 2.30. The summed E-state index contributed by atoms with van der Waals surface area (Å²) in [5.41, 5.74) is 1.15. The Balaban J connectivity index is 1.44. The van der Waals surface area contributed by atoms with Gasteiger partial charge in [-0.25, -0.2) is 4.98 Å². The Morgan fingerprint density at radius 3 is 2.83 bits per heavy atom. The number of amides is 1. The van der Waals surface area contributed by atoms with Crippen LogP contribution in [0.25, 0.3) is 0 Å². The maximum Gasteiger partial charge on any atom is 0.229 e. The molecule has 150 valence electrons. The van der Waals surface area contributed by atoms with Crippen molar-refractivity contribution in [3.63, 3.8) is 0 Å². The number of carbonyl (C=O) groups excluding carboxylic acids is 1. The Hall–Kier alpha value is -3.92. The zero-order valence-corrected chi connectivity index (χ0v) is 16.4. The zero-order chi connectivity index (χ0) is 20.8. The molecule has 1 aromatic carbocycles. The predicted molar refractivity (Wildman–Crippen MR) is 113 cm³/mol. The average molecular weight is 399 g/mol. The third-order valence-corrected chi connectivity index (χ3v) is 5.00. The van der Waals surface area contributed by atoms with E-state index < -0.39 is 0 Å². The van der Waals surface area contributed by atoms with Gasteiger partial charge in [0.25, 0.3) is 0 Å². The molecule has 7 heteroatoms. The van der Waals surface area contributed by atoms with Gasteiger partial charge >= 0.3 is 0 Å². The first-order chi connectivity index (χ1) is 14.7. The fourth-order valence-corrected chi connectivity index (χ4v) is 3.47. The number of nitrogens with one attached hydrogen (secondary N) is 1. The molecule has 0 unspecified atom stereocenters. The van der Waals surface area contributed by atoms with Crippen LogP contribution in [0.3, 0.4) is 0 Å². The van der Waals surface area contributed by atoms with Gasteiger partial charge in [0.1, 0.15) is 17.6 Å². The molecule has 4 rings (SSSR count). The Morgan fingerprint density at radius 1 is 1.17 bits per heavy atom. The van der Waals surface area contributed by atoms with E-state index in [-0.39, 0.29) is 11.8 Å². The van der Waals surface area contributed by atoms with Crippen LogP contribution in [0.4, 0.5) is 11.5 Å². The lowest BCUT2D eigenvalue weighted by atomic mass is 9.97. The number of pyridine rings is 2. The van der Waals surface area contributed by atoms with Gasteiger partial charge in [-0.05, 0) is 49.2 Å². The molecule has 0 spiro atoms. The van der Waals surface area contributed by atoms with E-state index in [2.05, 4.69) is 26.3 Å². The molecule has 1 aliphatic rings. The molecule has 3 heterocycles. The van der Waals surface area contributed by atoms with Crippen LogP contribution in [0.15, 0.2) is 67.1 Å². The highest BCUT2D eigenvalue weighted by molar-refractivity contribution is 5.94. The summed E-state index contributed by atoms with van der Waals surface area (Å²) in [5.74, 6) is 1.75. The molecule has 7 nitrogen and oxygen atoms in total. The SMILES string of the molecule is N#Cc1ccc(N2CCC[C@H](C(=O)Nc3ccccc3Oc3cccnc3)C2)nc1. The summed E-state index contributed by atoms with van der Waals surface area (Å²) < 4.78 is 5.89. The van der Waals surface area contributed by atoms with E-state index in [1.807, 2.05) is 36.4 Å². The van der Waals surface area contributed by atoms with Gasteiger partial charge in [-0.2, -0.15) is 5.26 Å². The van der Waals surface area contributed by atoms with Crippen molar-refractivity contribution in [3.05, 3.63) is 72.7 Å². The van der Waals surface area contributed by atoms with E-state index in [9.17, 15) is 4.79 Å². The fourth-order valence-electron chi connectivity index (χ4n) is 3.47. The highest BCUT2D eigenvalue weighted by atomic mass is 16.5. The number of nitriles is 1. The standard InChI is InChI=1S/C23H21N5O2/c24-13-17-9-10-22(26-14-17)28-12-4-5-18(16-28)23(29)27-20-7-1-2-8-21(20)30-19-6-3-11-25-15-19/h1-3,6-11,14-15,18H,4-5,12,16H2,(H,27,29)/t18-/m0/s1. The monoisotopic (exact) mass is 399 g/mol. The number of rotatable bonds is 5. The molecule has 1 N–H and O–H groups in total. The smallest absolute Gasteiger partial charge is 0.229 e. The van der Waals surface area contributed by atoms with Crippen LogP contribution in [0, 0.1) is 17.2 Å². The van der Waals surface area contributed by atoms with Crippen molar-refractivity contribution in [2.75, 3.05) is 23.3 Å². The van der Waals surface area contributed by atoms with Crippen LogP contribution < -0.4 is 15.0 Å². The quantitative estimate of drug-likeness (QED) is 0.697. The number of nitrogens with zero attached hydrogens (tertiary/aromatic N) is 4. The number of hydrogen-bond acceptors (Lipinski definition) is 6. The molecule has 1 amide bonds. The molecule has 0 bridgehead atoms. The Bertz CT molecular complexity index is 1050. The topological polar surface area (TPSA) is 91.1 Å². The van der Waals surface area contributed by atoms with Crippen LogP contribution in [0.2, 0.25) is 0 Å². The number of piperidine rings is 1. The molecule has 30 heavy (non-hydrogen) atoms. The Morgan fingerprint density at radius 2 is 2.07 bits per heavy atom. The van der Waals surface area contributed by atoms with Crippen molar-refractivity contribution in [2.45, 2.75) is 12.8 Å². The number of para-hydroxylation sites is 2. The second-order valence-corrected chi connectivity index (χ2v) is 7.08. The number of ether oxygens (including phenoxy) is 1. The highest BCUT2D eigenvalue weighted by Gasteiger charge is 2.27. The maximum absolute atomic E-state index is 13.0. The molecule has 1 aliphatic heterocycles. The van der Waals surface area contributed by atoms with Gasteiger partial charge in [-0.15, -0.1) is 0 Å². The number of aromatic nitrogens is 2. The first kappa shape index (κ1) is 19.4. The van der Waals surface area contributed by atoms with Gasteiger partial charge in [0, 0.05) is 25.5 Å². The minimum atomic E-state index is -0.164. The molecule has 1 saturated heterocycles. The summed E-state index contributed by atoms with van der Waals surface area (Å²) in [7, 11) is 0. The van der Waals surface area contributed by atoms with Gasteiger partial charge in [-0.1, -0.05) is 12.1 Å². The third kappa shape index (κ3) is 4.55. The molecule has 1 atom stereocenters. The first-order valence-corrected chi connectivity index (χ1v) is 9.82. The summed E-state index contributed by atoms with van der Waals surface area (Å²) >= 11 is 0. The van der Waals surface area contributed by atoms with Crippen molar-refractivity contribution in [3.8, 4) is 17.6 Å². The second kappa shape index (κ2) is 9.05. The second-order valence-electron chi connectivity index (χ2n) is 7.08. The minimum absolute atomic E-state index is 0.0458. The maximum atomic E-state index is 13.0. The van der Waals surface area contributed by atoms with Crippen LogP contribution >= 0.6 is 0 Å². The number of anilines is 2. The molecule has 0 aliphatic carbocycles. The minimum Gasteiger partial charge on any atom is -0.454 e. The van der Waals surface area contributed by atoms with E-state index in [1.54, 1.807) is 30.7 Å². The van der Waals surface area contributed by atoms with Crippen molar-refractivity contribution in [1.82, 2.24) is 9.97 Å². The van der Waals surface area contributed by atoms with Gasteiger partial charge in [0.05, 0.1) is 23.4 Å². The van der Waals surface area contributed by atoms with Crippen LogP contribution in [-0.4, -0.2) is 29.0 Å². The molecule has 3 aromatic rings. The number of hydrogen-bond donors (Lipinski definition) is 1. The normalized spacial score (nSPS) is 15.8. The van der Waals surface area contributed by atoms with E-state index in [0.717, 1.165) is 25.2 Å². The Labute approximate surface area is 175 Å². The van der Waals surface area contributed by atoms with Crippen LogP contribution in [-0.2, 0) is 4.79 Å². The molecular weight excluding hydrogens is 378 g/mol. The van der Waals surface area contributed by atoms with Gasteiger partial charge in [0.2, 0.25) is 5.91 Å². The third-order valence-electron chi connectivity index (χ3n) is 5.00. The van der Waals surface area contributed by atoms with Crippen molar-refractivity contribution < 1.29 is 9.53 Å².